The van der Waals surface area contributed by atoms with Gasteiger partial charge in [-0.2, -0.15) is 5.10 Å². The molecule has 0 aliphatic carbocycles. The number of rotatable bonds is 4. The van der Waals surface area contributed by atoms with Crippen LogP contribution in [0.3, 0.4) is 0 Å². The molecular weight excluding hydrogens is 356 g/mol. The van der Waals surface area contributed by atoms with E-state index in [9.17, 15) is 4.79 Å². The van der Waals surface area contributed by atoms with Crippen LogP contribution in [0, 0.1) is 0 Å². The Bertz CT molecular complexity index is 1070. The van der Waals surface area contributed by atoms with Crippen LogP contribution in [0.5, 0.6) is 5.75 Å². The number of carbonyl (C=O) groups excluding carboxylic acids is 1. The fraction of sp³-hybridized carbons (Fsp3) is 0.0588. The van der Waals surface area contributed by atoms with Gasteiger partial charge in [0, 0.05) is 17.8 Å². The van der Waals surface area contributed by atoms with Gasteiger partial charge < -0.3 is 15.0 Å². The maximum atomic E-state index is 12.4. The molecule has 4 aromatic rings. The third kappa shape index (κ3) is 2.98. The number of anilines is 1. The molecule has 3 N–H and O–H groups in total. The minimum atomic E-state index is -0.334. The van der Waals surface area contributed by atoms with Crippen LogP contribution in [0.1, 0.15) is 10.4 Å². The van der Waals surface area contributed by atoms with Crippen LogP contribution in [0.4, 0.5) is 5.82 Å². The number of halogens is 1. The maximum Gasteiger partial charge on any atom is 0.256 e. The molecule has 0 saturated heterocycles. The third-order valence-electron chi connectivity index (χ3n) is 3.75. The van der Waals surface area contributed by atoms with E-state index in [2.05, 4.69) is 30.5 Å². The quantitative estimate of drug-likeness (QED) is 0.512. The van der Waals surface area contributed by atoms with Gasteiger partial charge >= 0.3 is 0 Å². The number of amides is 1. The van der Waals surface area contributed by atoms with Crippen LogP contribution in [0.15, 0.2) is 42.6 Å². The summed E-state index contributed by atoms with van der Waals surface area (Å²) in [6.45, 7) is 0. The highest BCUT2D eigenvalue weighted by atomic mass is 35.5. The van der Waals surface area contributed by atoms with Crippen molar-refractivity contribution in [2.24, 2.45) is 0 Å². The van der Waals surface area contributed by atoms with Crippen molar-refractivity contribution >= 4 is 34.5 Å². The van der Waals surface area contributed by atoms with E-state index < -0.39 is 0 Å². The van der Waals surface area contributed by atoms with Crippen molar-refractivity contribution in [1.29, 1.82) is 0 Å². The highest BCUT2D eigenvalue weighted by Gasteiger charge is 2.13. The summed E-state index contributed by atoms with van der Waals surface area (Å²) < 4.78 is 5.08. The van der Waals surface area contributed by atoms with Gasteiger partial charge in [0.05, 0.1) is 17.6 Å². The van der Waals surface area contributed by atoms with E-state index in [0.29, 0.717) is 39.3 Å². The van der Waals surface area contributed by atoms with Crippen molar-refractivity contribution in [1.82, 2.24) is 25.1 Å². The summed E-state index contributed by atoms with van der Waals surface area (Å²) in [5.74, 6) is 1.12. The Morgan fingerprint density at radius 2 is 2.15 bits per heavy atom. The largest absolute Gasteiger partial charge is 0.495 e. The molecule has 26 heavy (non-hydrogen) atoms. The predicted octanol–water partition coefficient (Wildman–Crippen LogP) is 3.26. The van der Waals surface area contributed by atoms with Crippen LogP contribution in [-0.2, 0) is 0 Å². The molecular formula is C17H13ClN6O2. The SMILES string of the molecule is COc1ccc(C(=O)Nc2cc(-c3nc4ncccc4[nH]3)[nH]n2)cc1Cl. The molecule has 0 fully saturated rings. The lowest BCUT2D eigenvalue weighted by Crippen LogP contribution is -2.12. The first-order chi connectivity index (χ1) is 12.6. The minimum absolute atomic E-state index is 0.334. The average molecular weight is 369 g/mol. The number of carbonyl (C=O) groups is 1. The first kappa shape index (κ1) is 16.1. The number of fused-ring (bicyclic) bond motifs is 1. The standard InChI is InChI=1S/C17H13ClN6O2/c1-26-13-5-4-9(7-10(13)18)17(25)21-14-8-12(23-24-14)16-20-11-3-2-6-19-15(11)22-16/h2-8H,1H3,(H,19,20,22)(H2,21,23,24,25). The van der Waals surface area contributed by atoms with E-state index >= 15 is 0 Å². The van der Waals surface area contributed by atoms with Gasteiger partial charge in [0.1, 0.15) is 11.4 Å². The Kier molecular flexibility index (Phi) is 4.02. The van der Waals surface area contributed by atoms with Gasteiger partial charge in [0.15, 0.2) is 17.3 Å². The summed E-state index contributed by atoms with van der Waals surface area (Å²) in [5, 5.41) is 9.99. The first-order valence-corrected chi connectivity index (χ1v) is 8.03. The molecule has 0 bridgehead atoms. The molecule has 3 heterocycles. The molecule has 0 aliphatic heterocycles. The lowest BCUT2D eigenvalue weighted by molar-refractivity contribution is 0.102. The van der Waals surface area contributed by atoms with E-state index in [-0.39, 0.29) is 5.91 Å². The summed E-state index contributed by atoms with van der Waals surface area (Å²) in [6, 6.07) is 10.2. The Morgan fingerprint density at radius 1 is 1.27 bits per heavy atom. The van der Waals surface area contributed by atoms with Gasteiger partial charge in [0.2, 0.25) is 0 Å². The molecule has 3 aromatic heterocycles. The van der Waals surface area contributed by atoms with E-state index in [4.69, 9.17) is 16.3 Å². The van der Waals surface area contributed by atoms with Crippen LogP contribution in [-0.4, -0.2) is 38.2 Å². The van der Waals surface area contributed by atoms with Crippen molar-refractivity contribution in [3.05, 3.63) is 53.2 Å². The van der Waals surface area contributed by atoms with Gasteiger partial charge in [-0.05, 0) is 30.3 Å². The number of ether oxygens (including phenoxy) is 1. The van der Waals surface area contributed by atoms with Crippen molar-refractivity contribution in [3.63, 3.8) is 0 Å². The second-order valence-corrected chi connectivity index (χ2v) is 5.84. The van der Waals surface area contributed by atoms with Gasteiger partial charge in [-0.1, -0.05) is 11.6 Å². The van der Waals surface area contributed by atoms with Gasteiger partial charge in [-0.15, -0.1) is 0 Å². The molecule has 1 aromatic carbocycles. The molecule has 9 heteroatoms. The number of hydrogen-bond acceptors (Lipinski definition) is 5. The van der Waals surface area contributed by atoms with Crippen LogP contribution >= 0.6 is 11.6 Å². The molecule has 1 amide bonds. The normalized spacial score (nSPS) is 10.8. The number of aromatic nitrogens is 5. The summed E-state index contributed by atoms with van der Waals surface area (Å²) in [6.07, 6.45) is 1.67. The Balaban J connectivity index is 1.54. The number of benzene rings is 1. The van der Waals surface area contributed by atoms with Crippen molar-refractivity contribution < 1.29 is 9.53 Å². The van der Waals surface area contributed by atoms with E-state index in [1.165, 1.54) is 13.2 Å². The number of nitrogens with zero attached hydrogens (tertiary/aromatic N) is 3. The number of H-pyrrole nitrogens is 2. The maximum absolute atomic E-state index is 12.4. The first-order valence-electron chi connectivity index (χ1n) is 7.65. The molecule has 0 spiro atoms. The lowest BCUT2D eigenvalue weighted by Gasteiger charge is -2.05. The van der Waals surface area contributed by atoms with E-state index in [1.54, 1.807) is 24.4 Å². The highest BCUT2D eigenvalue weighted by Crippen LogP contribution is 2.25. The minimum Gasteiger partial charge on any atom is -0.495 e. The number of methoxy groups -OCH3 is 1. The number of aromatic amines is 2. The van der Waals surface area contributed by atoms with Gasteiger partial charge in [-0.3, -0.25) is 9.89 Å². The van der Waals surface area contributed by atoms with Crippen LogP contribution in [0.2, 0.25) is 5.02 Å². The van der Waals surface area contributed by atoms with Crippen molar-refractivity contribution in [3.8, 4) is 17.3 Å². The predicted molar refractivity (Wildman–Crippen MR) is 97.4 cm³/mol. The summed E-state index contributed by atoms with van der Waals surface area (Å²) in [7, 11) is 1.51. The zero-order chi connectivity index (χ0) is 18.1. The summed E-state index contributed by atoms with van der Waals surface area (Å²) in [5.41, 5.74) is 2.45. The number of pyridine rings is 1. The smallest absolute Gasteiger partial charge is 0.256 e. The molecule has 0 unspecified atom stereocenters. The zero-order valence-electron chi connectivity index (χ0n) is 13.6. The second kappa shape index (κ2) is 6.49. The van der Waals surface area contributed by atoms with Gasteiger partial charge in [0.25, 0.3) is 5.91 Å². The second-order valence-electron chi connectivity index (χ2n) is 5.43. The van der Waals surface area contributed by atoms with Crippen LogP contribution < -0.4 is 10.1 Å². The topological polar surface area (TPSA) is 109 Å². The summed E-state index contributed by atoms with van der Waals surface area (Å²) in [4.78, 5) is 24.1. The average Bonchev–Trinajstić information content (AvgIpc) is 3.28. The molecule has 0 aliphatic rings. The lowest BCUT2D eigenvalue weighted by atomic mass is 10.2. The molecule has 0 saturated carbocycles. The van der Waals surface area contributed by atoms with Crippen molar-refractivity contribution in [2.45, 2.75) is 0 Å². The Morgan fingerprint density at radius 3 is 2.92 bits per heavy atom. The molecule has 0 radical (unpaired) electrons. The van der Waals surface area contributed by atoms with Gasteiger partial charge in [-0.25, -0.2) is 9.97 Å². The highest BCUT2D eigenvalue weighted by molar-refractivity contribution is 6.32. The molecule has 4 rings (SSSR count). The van der Waals surface area contributed by atoms with Crippen LogP contribution in [0.25, 0.3) is 22.7 Å². The number of hydrogen-bond donors (Lipinski definition) is 3. The summed E-state index contributed by atoms with van der Waals surface area (Å²) >= 11 is 6.05. The fourth-order valence-corrected chi connectivity index (χ4v) is 2.73. The monoisotopic (exact) mass is 368 g/mol. The fourth-order valence-electron chi connectivity index (χ4n) is 2.48. The zero-order valence-corrected chi connectivity index (χ0v) is 14.3. The van der Waals surface area contributed by atoms with Crippen molar-refractivity contribution in [2.75, 3.05) is 12.4 Å². The Labute approximate surface area is 152 Å². The Hall–Kier alpha value is -3.39. The molecule has 8 nitrogen and oxygen atoms in total. The van der Waals surface area contributed by atoms with E-state index in [0.717, 1.165) is 5.52 Å². The molecule has 0 atom stereocenters. The number of nitrogens with one attached hydrogen (secondary N) is 3. The number of imidazole rings is 1. The molecule has 130 valence electrons. The van der Waals surface area contributed by atoms with E-state index in [1.807, 2.05) is 12.1 Å². The third-order valence-corrected chi connectivity index (χ3v) is 4.04.